The molecule has 2 heterocycles. The highest BCUT2D eigenvalue weighted by molar-refractivity contribution is 7.99. The minimum absolute atomic E-state index is 0.0190. The molecule has 0 spiro atoms. The number of nitrogens with zero attached hydrogens (tertiary/aromatic N) is 3. The van der Waals surface area contributed by atoms with Crippen LogP contribution in [-0.4, -0.2) is 48.2 Å². The Morgan fingerprint density at radius 2 is 1.76 bits per heavy atom. The first-order chi connectivity index (χ1) is 15.7. The van der Waals surface area contributed by atoms with Gasteiger partial charge in [0.15, 0.2) is 16.7 Å². The summed E-state index contributed by atoms with van der Waals surface area (Å²) in [5.41, 5.74) is -0.186. The Bertz CT molecular complexity index is 1170. The number of aromatic nitrogens is 3. The van der Waals surface area contributed by atoms with E-state index in [2.05, 4.69) is 9.97 Å². The first-order valence-corrected chi connectivity index (χ1v) is 10.7. The van der Waals surface area contributed by atoms with Crippen molar-refractivity contribution in [1.82, 2.24) is 14.5 Å². The Morgan fingerprint density at radius 3 is 2.42 bits per heavy atom. The molecule has 176 valence electrons. The van der Waals surface area contributed by atoms with E-state index in [1.54, 1.807) is 18.2 Å². The molecule has 0 bridgehead atoms. The lowest BCUT2D eigenvalue weighted by atomic mass is 10.1. The molecule has 0 N–H and O–H groups in total. The van der Waals surface area contributed by atoms with E-state index in [4.69, 9.17) is 14.2 Å². The van der Waals surface area contributed by atoms with Crippen LogP contribution in [0.4, 0.5) is 13.2 Å². The number of halogens is 3. The summed E-state index contributed by atoms with van der Waals surface area (Å²) in [6, 6.07) is 8.84. The molecular formula is C22H22F3N3O4S. The second kappa shape index (κ2) is 10.7. The minimum Gasteiger partial charge on any atom is -0.493 e. The number of thioether (sulfide) groups is 1. The molecule has 0 aliphatic heterocycles. The van der Waals surface area contributed by atoms with Crippen molar-refractivity contribution in [3.63, 3.8) is 0 Å². The number of ether oxygens (including phenoxy) is 3. The van der Waals surface area contributed by atoms with Crippen molar-refractivity contribution >= 4 is 11.8 Å². The highest BCUT2D eigenvalue weighted by atomic mass is 32.2. The van der Waals surface area contributed by atoms with Crippen LogP contribution in [0.15, 0.2) is 52.5 Å². The summed E-state index contributed by atoms with van der Waals surface area (Å²) in [7, 11) is 4.52. The van der Waals surface area contributed by atoms with Crippen molar-refractivity contribution in [1.29, 1.82) is 0 Å². The summed E-state index contributed by atoms with van der Waals surface area (Å²) < 4.78 is 57.1. The van der Waals surface area contributed by atoms with Crippen molar-refractivity contribution < 1.29 is 27.4 Å². The first-order valence-electron chi connectivity index (χ1n) is 9.75. The lowest BCUT2D eigenvalue weighted by Crippen LogP contribution is -2.19. The van der Waals surface area contributed by atoms with Gasteiger partial charge in [-0.3, -0.25) is 4.79 Å². The van der Waals surface area contributed by atoms with Gasteiger partial charge in [-0.25, -0.2) is 9.97 Å². The van der Waals surface area contributed by atoms with E-state index in [9.17, 15) is 18.0 Å². The summed E-state index contributed by atoms with van der Waals surface area (Å²) in [5.74, 6) is 1.44. The van der Waals surface area contributed by atoms with Gasteiger partial charge in [0.05, 0.1) is 33.1 Å². The fourth-order valence-electron chi connectivity index (χ4n) is 2.98. The molecule has 0 aliphatic rings. The van der Waals surface area contributed by atoms with Crippen LogP contribution in [0, 0.1) is 0 Å². The van der Waals surface area contributed by atoms with E-state index in [0.717, 1.165) is 23.4 Å². The van der Waals surface area contributed by atoms with Gasteiger partial charge in [-0.2, -0.15) is 13.2 Å². The molecule has 0 radical (unpaired) electrons. The number of hydrogen-bond acceptors (Lipinski definition) is 7. The molecule has 3 rings (SSSR count). The molecule has 3 aromatic rings. The number of hydrogen-bond donors (Lipinski definition) is 0. The topological polar surface area (TPSA) is 75.5 Å². The Morgan fingerprint density at radius 1 is 1.00 bits per heavy atom. The van der Waals surface area contributed by atoms with Gasteiger partial charge in [0.2, 0.25) is 0 Å². The van der Waals surface area contributed by atoms with Crippen molar-refractivity contribution in [2.24, 2.45) is 0 Å². The summed E-state index contributed by atoms with van der Waals surface area (Å²) >= 11 is 1.06. The third-order valence-corrected chi connectivity index (χ3v) is 5.41. The van der Waals surface area contributed by atoms with Gasteiger partial charge >= 0.3 is 6.18 Å². The Kier molecular flexibility index (Phi) is 7.98. The molecular weight excluding hydrogens is 459 g/mol. The van der Waals surface area contributed by atoms with Crippen LogP contribution in [0.5, 0.6) is 11.5 Å². The number of pyridine rings is 1. The fourth-order valence-corrected chi connectivity index (χ4v) is 3.74. The monoisotopic (exact) mass is 481 g/mol. The van der Waals surface area contributed by atoms with E-state index >= 15 is 0 Å². The van der Waals surface area contributed by atoms with Gasteiger partial charge in [0.1, 0.15) is 5.69 Å². The average molecular weight is 481 g/mol. The van der Waals surface area contributed by atoms with Crippen LogP contribution in [-0.2, 0) is 17.5 Å². The average Bonchev–Trinajstić information content (AvgIpc) is 2.79. The second-order valence-electron chi connectivity index (χ2n) is 6.83. The third kappa shape index (κ3) is 6.26. The molecule has 0 aliphatic carbocycles. The third-order valence-electron chi connectivity index (χ3n) is 4.59. The van der Waals surface area contributed by atoms with E-state index in [1.807, 2.05) is 0 Å². The quantitative estimate of drug-likeness (QED) is 0.258. The maximum atomic E-state index is 13.4. The minimum atomic E-state index is -4.64. The normalized spacial score (nSPS) is 11.5. The molecule has 0 saturated carbocycles. The Labute approximate surface area is 192 Å². The standard InChI is InChI=1S/C22H22F3N3O4S/c1-30-8-9-33-21-26-16(11-19(27-21)22(23,24)25)15-5-7-20(29)28(13-15)12-14-4-6-17(31-2)18(10-14)32-3/h4-7,10-11,13H,8-9,12H2,1-3H3. The largest absolute Gasteiger partial charge is 0.493 e. The van der Waals surface area contributed by atoms with Gasteiger partial charge in [0, 0.05) is 30.7 Å². The van der Waals surface area contributed by atoms with Crippen molar-refractivity contribution in [3.05, 3.63) is 64.2 Å². The zero-order valence-electron chi connectivity index (χ0n) is 18.2. The van der Waals surface area contributed by atoms with E-state index < -0.39 is 11.9 Å². The highest BCUT2D eigenvalue weighted by Crippen LogP contribution is 2.32. The molecule has 2 aromatic heterocycles. The second-order valence-corrected chi connectivity index (χ2v) is 7.90. The smallest absolute Gasteiger partial charge is 0.433 e. The summed E-state index contributed by atoms with van der Waals surface area (Å²) in [6.07, 6.45) is -3.16. The number of rotatable bonds is 9. The number of benzene rings is 1. The van der Waals surface area contributed by atoms with Crippen LogP contribution in [0.2, 0.25) is 0 Å². The summed E-state index contributed by atoms with van der Waals surface area (Å²) in [6.45, 7) is 0.523. The van der Waals surface area contributed by atoms with E-state index in [1.165, 1.54) is 44.2 Å². The summed E-state index contributed by atoms with van der Waals surface area (Å²) in [5, 5.41) is -0.0190. The van der Waals surface area contributed by atoms with Crippen LogP contribution in [0.3, 0.4) is 0 Å². The maximum absolute atomic E-state index is 13.4. The van der Waals surface area contributed by atoms with Crippen molar-refractivity contribution in [2.75, 3.05) is 33.7 Å². The van der Waals surface area contributed by atoms with E-state index in [-0.39, 0.29) is 23.0 Å². The van der Waals surface area contributed by atoms with Crippen molar-refractivity contribution in [2.45, 2.75) is 17.9 Å². The van der Waals surface area contributed by atoms with Gasteiger partial charge in [-0.05, 0) is 29.8 Å². The molecule has 33 heavy (non-hydrogen) atoms. The van der Waals surface area contributed by atoms with E-state index in [0.29, 0.717) is 29.4 Å². The highest BCUT2D eigenvalue weighted by Gasteiger charge is 2.34. The number of alkyl halides is 3. The van der Waals surface area contributed by atoms with Gasteiger partial charge in [-0.1, -0.05) is 17.8 Å². The predicted molar refractivity (Wildman–Crippen MR) is 118 cm³/mol. The molecule has 0 fully saturated rings. The summed E-state index contributed by atoms with van der Waals surface area (Å²) in [4.78, 5) is 20.3. The van der Waals surface area contributed by atoms with Crippen molar-refractivity contribution in [3.8, 4) is 22.8 Å². The van der Waals surface area contributed by atoms with Crippen LogP contribution in [0.1, 0.15) is 11.3 Å². The van der Waals surface area contributed by atoms with Gasteiger partial charge in [-0.15, -0.1) is 0 Å². The Balaban J connectivity index is 1.98. The molecule has 0 atom stereocenters. The zero-order chi connectivity index (χ0) is 24.0. The molecule has 0 amide bonds. The molecule has 7 nitrogen and oxygen atoms in total. The van der Waals surface area contributed by atoms with Crippen LogP contribution in [0.25, 0.3) is 11.3 Å². The molecule has 1 aromatic carbocycles. The number of methoxy groups -OCH3 is 3. The lowest BCUT2D eigenvalue weighted by molar-refractivity contribution is -0.141. The van der Waals surface area contributed by atoms with Crippen LogP contribution < -0.4 is 15.0 Å². The molecule has 0 saturated heterocycles. The Hall–Kier alpha value is -3.05. The fraction of sp³-hybridized carbons (Fsp3) is 0.318. The lowest BCUT2D eigenvalue weighted by Gasteiger charge is -2.13. The SMILES string of the molecule is COCCSc1nc(-c2ccc(=O)n(Cc3ccc(OC)c(OC)c3)c2)cc(C(F)(F)F)n1. The van der Waals surface area contributed by atoms with Gasteiger partial charge in [0.25, 0.3) is 5.56 Å². The van der Waals surface area contributed by atoms with Gasteiger partial charge < -0.3 is 18.8 Å². The molecule has 11 heteroatoms. The first kappa shape index (κ1) is 24.6. The van der Waals surface area contributed by atoms with Crippen LogP contribution >= 0.6 is 11.8 Å². The zero-order valence-corrected chi connectivity index (χ0v) is 19.0. The predicted octanol–water partition coefficient (Wildman–Crippen LogP) is 4.13. The maximum Gasteiger partial charge on any atom is 0.433 e. The molecule has 0 unspecified atom stereocenters.